The van der Waals surface area contributed by atoms with E-state index in [4.69, 9.17) is 9.47 Å². The van der Waals surface area contributed by atoms with Crippen LogP contribution in [0.3, 0.4) is 0 Å². The highest BCUT2D eigenvalue weighted by Crippen LogP contribution is 2.51. The number of hydrogen-bond acceptors (Lipinski definition) is 3. The first-order valence-electron chi connectivity index (χ1n) is 6.52. The molecule has 94 valence electrons. The largest absolute Gasteiger partial charge is 0.385 e. The van der Waals surface area contributed by atoms with Gasteiger partial charge in [0.15, 0.2) is 0 Å². The van der Waals surface area contributed by atoms with Gasteiger partial charge in [0.05, 0.1) is 6.10 Å². The van der Waals surface area contributed by atoms with Gasteiger partial charge in [-0.25, -0.2) is 0 Å². The molecule has 0 aromatic carbocycles. The van der Waals surface area contributed by atoms with Crippen molar-refractivity contribution in [2.24, 2.45) is 11.3 Å². The maximum Gasteiger partial charge on any atom is 0.0685 e. The predicted octanol–water partition coefficient (Wildman–Crippen LogP) is 1.82. The Morgan fingerprint density at radius 3 is 2.94 bits per heavy atom. The maximum atomic E-state index is 5.78. The average molecular weight is 227 g/mol. The number of ether oxygens (including phenoxy) is 2. The standard InChI is InChI=1S/C13H25NO2/c1-13(2)11(10-6-9-16-12(10)13)14-7-4-5-8-15-3/h10-12,14H,4-9H2,1-3H3. The number of nitrogens with one attached hydrogen (secondary N) is 1. The highest BCUT2D eigenvalue weighted by atomic mass is 16.5. The van der Waals surface area contributed by atoms with Crippen LogP contribution in [0, 0.1) is 11.3 Å². The summed E-state index contributed by atoms with van der Waals surface area (Å²) in [5.41, 5.74) is 0.322. The van der Waals surface area contributed by atoms with Gasteiger partial charge >= 0.3 is 0 Å². The van der Waals surface area contributed by atoms with Crippen molar-refractivity contribution in [1.82, 2.24) is 5.32 Å². The third-order valence-electron chi connectivity index (χ3n) is 4.24. The smallest absolute Gasteiger partial charge is 0.0685 e. The lowest BCUT2D eigenvalue weighted by molar-refractivity contribution is -0.112. The Labute approximate surface area is 98.9 Å². The molecule has 1 saturated heterocycles. The van der Waals surface area contributed by atoms with Crippen molar-refractivity contribution in [3.63, 3.8) is 0 Å². The molecule has 3 heteroatoms. The fourth-order valence-corrected chi connectivity index (χ4v) is 3.37. The van der Waals surface area contributed by atoms with Gasteiger partial charge in [0.25, 0.3) is 0 Å². The summed E-state index contributed by atoms with van der Waals surface area (Å²) in [6.07, 6.45) is 4.10. The lowest BCUT2D eigenvalue weighted by Gasteiger charge is -2.55. The second-order valence-corrected chi connectivity index (χ2v) is 5.70. The number of rotatable bonds is 6. The molecule has 1 aliphatic carbocycles. The Morgan fingerprint density at radius 2 is 2.19 bits per heavy atom. The number of unbranched alkanes of at least 4 members (excludes halogenated alkanes) is 1. The summed E-state index contributed by atoms with van der Waals surface area (Å²) in [6, 6.07) is 0.655. The monoisotopic (exact) mass is 227 g/mol. The molecule has 2 rings (SSSR count). The van der Waals surface area contributed by atoms with Crippen LogP contribution < -0.4 is 5.32 Å². The van der Waals surface area contributed by atoms with Gasteiger partial charge in [0.2, 0.25) is 0 Å². The van der Waals surface area contributed by atoms with Crippen molar-refractivity contribution in [2.75, 3.05) is 26.9 Å². The first kappa shape index (κ1) is 12.3. The van der Waals surface area contributed by atoms with E-state index in [0.717, 1.165) is 32.1 Å². The van der Waals surface area contributed by atoms with E-state index in [2.05, 4.69) is 19.2 Å². The van der Waals surface area contributed by atoms with Gasteiger partial charge in [0, 0.05) is 37.7 Å². The zero-order valence-corrected chi connectivity index (χ0v) is 10.8. The van der Waals surface area contributed by atoms with E-state index < -0.39 is 0 Å². The summed E-state index contributed by atoms with van der Waals surface area (Å²) in [5.74, 6) is 0.762. The SMILES string of the molecule is COCCCCNC1C2CCOC2C1(C)C. The van der Waals surface area contributed by atoms with Crippen LogP contribution in [0.25, 0.3) is 0 Å². The van der Waals surface area contributed by atoms with Crippen molar-refractivity contribution in [2.45, 2.75) is 45.3 Å². The maximum absolute atomic E-state index is 5.78. The van der Waals surface area contributed by atoms with Gasteiger partial charge < -0.3 is 14.8 Å². The van der Waals surface area contributed by atoms with Crippen LogP contribution in [0.1, 0.15) is 33.1 Å². The van der Waals surface area contributed by atoms with Crippen molar-refractivity contribution < 1.29 is 9.47 Å². The molecular formula is C13H25NO2. The van der Waals surface area contributed by atoms with Crippen molar-refractivity contribution in [3.05, 3.63) is 0 Å². The molecule has 3 atom stereocenters. The van der Waals surface area contributed by atoms with Crippen LogP contribution in [-0.4, -0.2) is 39.0 Å². The molecule has 1 heterocycles. The minimum Gasteiger partial charge on any atom is -0.385 e. The minimum absolute atomic E-state index is 0.322. The molecule has 0 spiro atoms. The van der Waals surface area contributed by atoms with E-state index in [9.17, 15) is 0 Å². The Morgan fingerprint density at radius 1 is 1.38 bits per heavy atom. The van der Waals surface area contributed by atoms with E-state index in [0.29, 0.717) is 17.6 Å². The first-order valence-corrected chi connectivity index (χ1v) is 6.52. The quantitative estimate of drug-likeness (QED) is 0.702. The van der Waals surface area contributed by atoms with Gasteiger partial charge in [-0.1, -0.05) is 13.8 Å². The Hall–Kier alpha value is -0.120. The average Bonchev–Trinajstić information content (AvgIpc) is 2.69. The fourth-order valence-electron chi connectivity index (χ4n) is 3.37. The molecule has 1 N–H and O–H groups in total. The van der Waals surface area contributed by atoms with Crippen LogP contribution in [0.2, 0.25) is 0 Å². The molecule has 1 saturated carbocycles. The number of fused-ring (bicyclic) bond motifs is 1. The summed E-state index contributed by atoms with van der Waals surface area (Å²) in [6.45, 7) is 7.60. The third kappa shape index (κ3) is 2.13. The van der Waals surface area contributed by atoms with Crippen LogP contribution >= 0.6 is 0 Å². The number of hydrogen-bond donors (Lipinski definition) is 1. The Balaban J connectivity index is 1.69. The molecule has 1 aliphatic heterocycles. The molecule has 16 heavy (non-hydrogen) atoms. The summed E-state index contributed by atoms with van der Waals surface area (Å²) in [5, 5.41) is 3.70. The highest BCUT2D eigenvalue weighted by Gasteiger charge is 2.58. The van der Waals surface area contributed by atoms with Gasteiger partial charge in [-0.15, -0.1) is 0 Å². The predicted molar refractivity (Wildman–Crippen MR) is 64.5 cm³/mol. The van der Waals surface area contributed by atoms with Gasteiger partial charge in [-0.3, -0.25) is 0 Å². The number of methoxy groups -OCH3 is 1. The second-order valence-electron chi connectivity index (χ2n) is 5.70. The molecular weight excluding hydrogens is 202 g/mol. The molecule has 0 aromatic heterocycles. The van der Waals surface area contributed by atoms with E-state index in [1.807, 2.05) is 0 Å². The van der Waals surface area contributed by atoms with E-state index in [1.165, 1.54) is 12.8 Å². The van der Waals surface area contributed by atoms with Crippen molar-refractivity contribution in [3.8, 4) is 0 Å². The van der Waals surface area contributed by atoms with Crippen LogP contribution in [0.15, 0.2) is 0 Å². The summed E-state index contributed by atoms with van der Waals surface area (Å²) in [7, 11) is 1.77. The molecule has 0 bridgehead atoms. The van der Waals surface area contributed by atoms with Crippen molar-refractivity contribution >= 4 is 0 Å². The van der Waals surface area contributed by atoms with Gasteiger partial charge in [0.1, 0.15) is 0 Å². The summed E-state index contributed by atoms with van der Waals surface area (Å²) >= 11 is 0. The van der Waals surface area contributed by atoms with Gasteiger partial charge in [-0.2, -0.15) is 0 Å². The van der Waals surface area contributed by atoms with Crippen LogP contribution in [-0.2, 0) is 9.47 Å². The van der Waals surface area contributed by atoms with E-state index in [-0.39, 0.29) is 0 Å². The first-order chi connectivity index (χ1) is 7.68. The normalized spacial score (nSPS) is 35.8. The Kier molecular flexibility index (Phi) is 3.88. The summed E-state index contributed by atoms with van der Waals surface area (Å²) in [4.78, 5) is 0. The lowest BCUT2D eigenvalue weighted by atomic mass is 9.57. The molecule has 0 amide bonds. The zero-order valence-electron chi connectivity index (χ0n) is 10.8. The lowest BCUT2D eigenvalue weighted by Crippen LogP contribution is -2.65. The van der Waals surface area contributed by atoms with Gasteiger partial charge in [-0.05, 0) is 25.8 Å². The topological polar surface area (TPSA) is 30.5 Å². The van der Waals surface area contributed by atoms with E-state index in [1.54, 1.807) is 7.11 Å². The fraction of sp³-hybridized carbons (Fsp3) is 1.00. The summed E-state index contributed by atoms with van der Waals surface area (Å²) < 4.78 is 10.8. The molecule has 3 unspecified atom stereocenters. The molecule has 0 radical (unpaired) electrons. The molecule has 3 nitrogen and oxygen atoms in total. The molecule has 2 fully saturated rings. The highest BCUT2D eigenvalue weighted by molar-refractivity contribution is 5.11. The van der Waals surface area contributed by atoms with E-state index >= 15 is 0 Å². The molecule has 0 aromatic rings. The van der Waals surface area contributed by atoms with Crippen LogP contribution in [0.5, 0.6) is 0 Å². The molecule has 2 aliphatic rings. The minimum atomic E-state index is 0.322. The third-order valence-corrected chi connectivity index (χ3v) is 4.24. The Bertz CT molecular complexity index is 230. The van der Waals surface area contributed by atoms with Crippen molar-refractivity contribution in [1.29, 1.82) is 0 Å². The zero-order chi connectivity index (χ0) is 11.6. The van der Waals surface area contributed by atoms with Crippen LogP contribution in [0.4, 0.5) is 0 Å². The second kappa shape index (κ2) is 5.03.